The normalized spacial score (nSPS) is 20.1. The lowest BCUT2D eigenvalue weighted by atomic mass is 10.1. The van der Waals surface area contributed by atoms with Crippen molar-refractivity contribution in [1.29, 1.82) is 0 Å². The van der Waals surface area contributed by atoms with Gasteiger partial charge in [-0.25, -0.2) is 0 Å². The third kappa shape index (κ3) is 3.44. The van der Waals surface area contributed by atoms with E-state index in [1.54, 1.807) is 0 Å². The summed E-state index contributed by atoms with van der Waals surface area (Å²) < 4.78 is 5.61. The van der Waals surface area contributed by atoms with Crippen LogP contribution in [0, 0.1) is 0 Å². The van der Waals surface area contributed by atoms with Crippen LogP contribution in [0.4, 0.5) is 5.69 Å². The number of hydrogen-bond donors (Lipinski definition) is 1. The van der Waals surface area contributed by atoms with Crippen molar-refractivity contribution in [1.82, 2.24) is 9.80 Å². The van der Waals surface area contributed by atoms with Crippen LogP contribution in [-0.4, -0.2) is 62.7 Å². The average Bonchev–Trinajstić information content (AvgIpc) is 2.49. The van der Waals surface area contributed by atoms with Gasteiger partial charge in [-0.2, -0.15) is 0 Å². The van der Waals surface area contributed by atoms with Crippen LogP contribution >= 0.6 is 0 Å². The highest BCUT2D eigenvalue weighted by molar-refractivity contribution is 5.59. The number of hydrogen-bond acceptors (Lipinski definition) is 4. The largest absolute Gasteiger partial charge is 0.490 e. The summed E-state index contributed by atoms with van der Waals surface area (Å²) in [5.74, 6) is 0.999. The first-order valence-electron chi connectivity index (χ1n) is 7.72. The lowest BCUT2D eigenvalue weighted by Gasteiger charge is -2.32. The summed E-state index contributed by atoms with van der Waals surface area (Å²) in [6.07, 6.45) is 2.39. The Bertz CT molecular complexity index is 441. The lowest BCUT2D eigenvalue weighted by molar-refractivity contribution is 0.153. The van der Waals surface area contributed by atoms with E-state index in [9.17, 15) is 0 Å². The van der Waals surface area contributed by atoms with Gasteiger partial charge in [-0.05, 0) is 44.1 Å². The molecule has 0 atom stereocenters. The predicted octanol–water partition coefficient (Wildman–Crippen LogP) is 1.67. The second-order valence-electron chi connectivity index (χ2n) is 5.85. The second-order valence-corrected chi connectivity index (χ2v) is 5.85. The molecule has 4 nitrogen and oxygen atoms in total. The molecule has 110 valence electrons. The number of likely N-dealkylation sites (N-methyl/N-ethyl adjacent to an activating group) is 1. The molecule has 1 aromatic carbocycles. The van der Waals surface area contributed by atoms with Gasteiger partial charge in [0.05, 0.1) is 5.69 Å². The number of nitrogens with one attached hydrogen (secondary N) is 1. The molecule has 0 bridgehead atoms. The van der Waals surface area contributed by atoms with Crippen molar-refractivity contribution in [2.75, 3.05) is 58.2 Å². The molecule has 0 aromatic heterocycles. The smallest absolute Gasteiger partial charge is 0.142 e. The molecule has 0 radical (unpaired) electrons. The first-order chi connectivity index (χ1) is 9.81. The van der Waals surface area contributed by atoms with Crippen molar-refractivity contribution in [3.63, 3.8) is 0 Å². The van der Waals surface area contributed by atoms with Crippen LogP contribution in [-0.2, 0) is 6.42 Å². The molecule has 4 heteroatoms. The maximum absolute atomic E-state index is 5.61. The van der Waals surface area contributed by atoms with E-state index in [0.29, 0.717) is 0 Å². The molecular weight excluding hydrogens is 250 g/mol. The molecule has 2 aliphatic rings. The molecule has 1 N–H and O–H groups in total. The first-order valence-corrected chi connectivity index (χ1v) is 7.72. The first kappa shape index (κ1) is 13.7. The summed E-state index contributed by atoms with van der Waals surface area (Å²) in [5, 5.41) is 3.41. The summed E-state index contributed by atoms with van der Waals surface area (Å²) >= 11 is 0. The highest BCUT2D eigenvalue weighted by Gasteiger charge is 2.13. The molecule has 0 amide bonds. The fourth-order valence-electron chi connectivity index (χ4n) is 2.92. The van der Waals surface area contributed by atoms with Gasteiger partial charge in [-0.1, -0.05) is 6.07 Å². The molecule has 20 heavy (non-hydrogen) atoms. The van der Waals surface area contributed by atoms with E-state index >= 15 is 0 Å². The lowest BCUT2D eigenvalue weighted by Crippen LogP contribution is -2.44. The van der Waals surface area contributed by atoms with Crippen LogP contribution in [0.3, 0.4) is 0 Å². The zero-order valence-electron chi connectivity index (χ0n) is 12.4. The van der Waals surface area contributed by atoms with Crippen molar-refractivity contribution in [2.45, 2.75) is 12.8 Å². The summed E-state index contributed by atoms with van der Waals surface area (Å²) in [7, 11) is 2.21. The van der Waals surface area contributed by atoms with Gasteiger partial charge in [0.15, 0.2) is 0 Å². The molecular formula is C16H25N3O. The maximum Gasteiger partial charge on any atom is 0.142 e. The molecule has 2 aliphatic heterocycles. The van der Waals surface area contributed by atoms with Gasteiger partial charge < -0.3 is 19.9 Å². The Labute approximate surface area is 121 Å². The van der Waals surface area contributed by atoms with Gasteiger partial charge in [0.25, 0.3) is 0 Å². The molecule has 0 saturated carbocycles. The topological polar surface area (TPSA) is 27.7 Å². The molecule has 0 spiro atoms. The van der Waals surface area contributed by atoms with Crippen LogP contribution < -0.4 is 10.1 Å². The van der Waals surface area contributed by atoms with Gasteiger partial charge in [0.2, 0.25) is 0 Å². The Morgan fingerprint density at radius 2 is 2.05 bits per heavy atom. The minimum Gasteiger partial charge on any atom is -0.490 e. The molecule has 1 fully saturated rings. The van der Waals surface area contributed by atoms with E-state index in [0.717, 1.165) is 31.0 Å². The van der Waals surface area contributed by atoms with Crippen LogP contribution in [0.5, 0.6) is 5.75 Å². The van der Waals surface area contributed by atoms with Crippen LogP contribution in [0.25, 0.3) is 0 Å². The van der Waals surface area contributed by atoms with Crippen LogP contribution in [0.2, 0.25) is 0 Å². The van der Waals surface area contributed by atoms with E-state index in [4.69, 9.17) is 4.74 Å². The maximum atomic E-state index is 5.61. The molecule has 3 rings (SSSR count). The van der Waals surface area contributed by atoms with E-state index in [1.165, 1.54) is 44.7 Å². The standard InChI is InChI=1S/C16H25N3O/c1-18-8-10-19(11-9-18)7-2-3-14-4-5-16-15(13-14)17-6-12-20-16/h4-5,13,17H,2-3,6-12H2,1H3. The number of ether oxygens (including phenoxy) is 1. The van der Waals surface area contributed by atoms with Crippen molar-refractivity contribution in [3.05, 3.63) is 23.8 Å². The Hall–Kier alpha value is -1.26. The SMILES string of the molecule is CN1CCN(CCCc2ccc3c(c2)NCCO3)CC1. The van der Waals surface area contributed by atoms with E-state index in [2.05, 4.69) is 40.4 Å². The fraction of sp³-hybridized carbons (Fsp3) is 0.625. The number of fused-ring (bicyclic) bond motifs is 1. The van der Waals surface area contributed by atoms with Gasteiger partial charge in [0.1, 0.15) is 12.4 Å². The van der Waals surface area contributed by atoms with Crippen molar-refractivity contribution in [2.24, 2.45) is 0 Å². The van der Waals surface area contributed by atoms with E-state index < -0.39 is 0 Å². The average molecular weight is 275 g/mol. The Balaban J connectivity index is 1.46. The Morgan fingerprint density at radius 1 is 1.20 bits per heavy atom. The second kappa shape index (κ2) is 6.46. The number of benzene rings is 1. The van der Waals surface area contributed by atoms with Crippen molar-refractivity contribution in [3.8, 4) is 5.75 Å². The minimum absolute atomic E-state index is 0.774. The molecule has 1 aromatic rings. The van der Waals surface area contributed by atoms with Gasteiger partial charge in [0, 0.05) is 32.7 Å². The number of anilines is 1. The van der Waals surface area contributed by atoms with Gasteiger partial charge >= 0.3 is 0 Å². The Morgan fingerprint density at radius 3 is 2.90 bits per heavy atom. The number of piperazine rings is 1. The Kier molecular flexibility index (Phi) is 4.43. The van der Waals surface area contributed by atoms with Crippen molar-refractivity contribution < 1.29 is 4.74 Å². The number of rotatable bonds is 4. The third-order valence-corrected chi connectivity index (χ3v) is 4.25. The van der Waals surface area contributed by atoms with Crippen LogP contribution in [0.1, 0.15) is 12.0 Å². The highest BCUT2D eigenvalue weighted by atomic mass is 16.5. The molecule has 2 heterocycles. The molecule has 0 aliphatic carbocycles. The van der Waals surface area contributed by atoms with Gasteiger partial charge in [-0.3, -0.25) is 0 Å². The fourth-order valence-corrected chi connectivity index (χ4v) is 2.92. The summed E-state index contributed by atoms with van der Waals surface area (Å²) in [4.78, 5) is 4.99. The third-order valence-electron chi connectivity index (χ3n) is 4.25. The summed E-state index contributed by atoms with van der Waals surface area (Å²) in [6.45, 7) is 7.76. The highest BCUT2D eigenvalue weighted by Crippen LogP contribution is 2.28. The number of aryl methyl sites for hydroxylation is 1. The minimum atomic E-state index is 0.774. The zero-order valence-corrected chi connectivity index (χ0v) is 12.4. The quantitative estimate of drug-likeness (QED) is 0.904. The van der Waals surface area contributed by atoms with E-state index in [-0.39, 0.29) is 0 Å². The van der Waals surface area contributed by atoms with Gasteiger partial charge in [-0.15, -0.1) is 0 Å². The van der Waals surface area contributed by atoms with E-state index in [1.807, 2.05) is 0 Å². The monoisotopic (exact) mass is 275 g/mol. The molecule has 1 saturated heterocycles. The zero-order chi connectivity index (χ0) is 13.8. The van der Waals surface area contributed by atoms with Crippen LogP contribution in [0.15, 0.2) is 18.2 Å². The summed E-state index contributed by atoms with van der Waals surface area (Å²) in [5.41, 5.74) is 2.57. The molecule has 0 unspecified atom stereocenters. The predicted molar refractivity (Wildman–Crippen MR) is 82.7 cm³/mol. The number of nitrogens with zero attached hydrogens (tertiary/aromatic N) is 2. The van der Waals surface area contributed by atoms with Crippen molar-refractivity contribution >= 4 is 5.69 Å². The summed E-state index contributed by atoms with van der Waals surface area (Å²) in [6, 6.07) is 6.56.